The maximum atomic E-state index is 2.41. The van der Waals surface area contributed by atoms with Crippen LogP contribution >= 0.6 is 11.3 Å². The quantitative estimate of drug-likeness (QED) is 0.177. The van der Waals surface area contributed by atoms with Crippen molar-refractivity contribution in [2.75, 3.05) is 4.90 Å². The standard InChI is InChI=1S/C46H31NS/c1-3-11-32(12-4-1)34-19-21-36(22-20-34)40-15-7-9-17-43(40)47(38-26-23-35(24-27-38)33-13-5-2-6-14-33)39-28-29-41-37(31-39)25-30-45-46(41)42-16-8-10-18-44(42)48-45/h1-31H. The van der Waals surface area contributed by atoms with Crippen LogP contribution in [0.25, 0.3) is 64.3 Å². The van der Waals surface area contributed by atoms with Crippen molar-refractivity contribution in [3.63, 3.8) is 0 Å². The van der Waals surface area contributed by atoms with E-state index in [4.69, 9.17) is 0 Å². The Balaban J connectivity index is 1.20. The second-order valence-electron chi connectivity index (χ2n) is 12.2. The van der Waals surface area contributed by atoms with Crippen LogP contribution in [0.5, 0.6) is 0 Å². The van der Waals surface area contributed by atoms with Gasteiger partial charge in [0.15, 0.2) is 0 Å². The fourth-order valence-electron chi connectivity index (χ4n) is 6.93. The smallest absolute Gasteiger partial charge is 0.0540 e. The molecule has 9 rings (SSSR count). The number of para-hydroxylation sites is 1. The number of fused-ring (bicyclic) bond motifs is 5. The lowest BCUT2D eigenvalue weighted by Gasteiger charge is -2.28. The molecule has 0 fully saturated rings. The Kier molecular flexibility index (Phi) is 7.07. The molecule has 1 aromatic heterocycles. The molecule has 0 saturated carbocycles. The van der Waals surface area contributed by atoms with Crippen molar-refractivity contribution in [3.8, 4) is 33.4 Å². The molecular weight excluding hydrogens is 599 g/mol. The molecule has 1 nitrogen and oxygen atoms in total. The minimum atomic E-state index is 1.12. The van der Waals surface area contributed by atoms with Gasteiger partial charge in [0.2, 0.25) is 0 Å². The van der Waals surface area contributed by atoms with Crippen molar-refractivity contribution in [3.05, 3.63) is 188 Å². The third-order valence-corrected chi connectivity index (χ3v) is 10.4. The van der Waals surface area contributed by atoms with E-state index in [1.54, 1.807) is 0 Å². The first-order valence-electron chi connectivity index (χ1n) is 16.3. The first-order chi connectivity index (χ1) is 23.8. The molecule has 2 heteroatoms. The fourth-order valence-corrected chi connectivity index (χ4v) is 8.05. The molecule has 0 atom stereocenters. The van der Waals surface area contributed by atoms with Gasteiger partial charge in [-0.1, -0.05) is 146 Å². The van der Waals surface area contributed by atoms with Gasteiger partial charge >= 0.3 is 0 Å². The van der Waals surface area contributed by atoms with E-state index in [2.05, 4.69) is 193 Å². The molecule has 0 bridgehead atoms. The fraction of sp³-hybridized carbons (Fsp3) is 0. The van der Waals surface area contributed by atoms with Gasteiger partial charge in [0.25, 0.3) is 0 Å². The zero-order valence-electron chi connectivity index (χ0n) is 26.3. The van der Waals surface area contributed by atoms with Gasteiger partial charge in [-0.2, -0.15) is 0 Å². The average molecular weight is 630 g/mol. The van der Waals surface area contributed by atoms with E-state index < -0.39 is 0 Å². The van der Waals surface area contributed by atoms with Gasteiger partial charge in [-0.3, -0.25) is 0 Å². The third kappa shape index (κ3) is 5.04. The molecule has 48 heavy (non-hydrogen) atoms. The Morgan fingerprint density at radius 3 is 1.65 bits per heavy atom. The Morgan fingerprint density at radius 1 is 0.354 bits per heavy atom. The molecule has 0 aliphatic rings. The van der Waals surface area contributed by atoms with E-state index in [1.165, 1.54) is 64.3 Å². The number of benzene rings is 8. The molecule has 0 saturated heterocycles. The molecule has 0 N–H and O–H groups in total. The Morgan fingerprint density at radius 2 is 0.917 bits per heavy atom. The number of hydrogen-bond donors (Lipinski definition) is 0. The summed E-state index contributed by atoms with van der Waals surface area (Å²) >= 11 is 1.87. The summed E-state index contributed by atoms with van der Waals surface area (Å²) < 4.78 is 2.66. The summed E-state index contributed by atoms with van der Waals surface area (Å²) in [4.78, 5) is 2.41. The van der Waals surface area contributed by atoms with Crippen molar-refractivity contribution < 1.29 is 0 Å². The molecule has 0 aliphatic heterocycles. The molecule has 1 heterocycles. The summed E-state index contributed by atoms with van der Waals surface area (Å²) in [5.41, 5.74) is 10.6. The molecule has 0 amide bonds. The Hall–Kier alpha value is -5.96. The number of anilines is 3. The zero-order valence-corrected chi connectivity index (χ0v) is 27.1. The summed E-state index contributed by atoms with van der Waals surface area (Å²) in [6.07, 6.45) is 0. The summed E-state index contributed by atoms with van der Waals surface area (Å²) in [5.74, 6) is 0. The number of hydrogen-bond acceptors (Lipinski definition) is 2. The van der Waals surface area contributed by atoms with E-state index in [9.17, 15) is 0 Å². The predicted octanol–water partition coefficient (Wildman–Crippen LogP) is 13.7. The van der Waals surface area contributed by atoms with Crippen molar-refractivity contribution in [2.45, 2.75) is 0 Å². The Bertz CT molecular complexity index is 2530. The van der Waals surface area contributed by atoms with Gasteiger partial charge < -0.3 is 4.90 Å². The molecule has 8 aromatic carbocycles. The highest BCUT2D eigenvalue weighted by molar-refractivity contribution is 7.26. The zero-order chi connectivity index (χ0) is 31.9. The predicted molar refractivity (Wildman–Crippen MR) is 208 cm³/mol. The third-order valence-electron chi connectivity index (χ3n) is 9.28. The SMILES string of the molecule is c1ccc(-c2ccc(-c3ccccc3N(c3ccc(-c4ccccc4)cc3)c3ccc4c(ccc5sc6ccccc6c54)c3)cc2)cc1. The minimum absolute atomic E-state index is 1.12. The highest BCUT2D eigenvalue weighted by atomic mass is 32.1. The van der Waals surface area contributed by atoms with Crippen LogP contribution in [0.2, 0.25) is 0 Å². The molecule has 0 unspecified atom stereocenters. The van der Waals surface area contributed by atoms with E-state index in [0.29, 0.717) is 0 Å². The molecule has 0 radical (unpaired) electrons. The van der Waals surface area contributed by atoms with E-state index in [1.807, 2.05) is 11.3 Å². The van der Waals surface area contributed by atoms with Gasteiger partial charge in [-0.15, -0.1) is 11.3 Å². The van der Waals surface area contributed by atoms with Crippen molar-refractivity contribution in [1.29, 1.82) is 0 Å². The molecule has 226 valence electrons. The van der Waals surface area contributed by atoms with Crippen LogP contribution in [0, 0.1) is 0 Å². The van der Waals surface area contributed by atoms with Crippen LogP contribution in [-0.4, -0.2) is 0 Å². The molecule has 0 spiro atoms. The molecule has 0 aliphatic carbocycles. The van der Waals surface area contributed by atoms with Crippen LogP contribution in [0.1, 0.15) is 0 Å². The van der Waals surface area contributed by atoms with Crippen molar-refractivity contribution >= 4 is 59.3 Å². The highest BCUT2D eigenvalue weighted by Gasteiger charge is 2.19. The van der Waals surface area contributed by atoms with Crippen molar-refractivity contribution in [1.82, 2.24) is 0 Å². The summed E-state index contributed by atoms with van der Waals surface area (Å²) in [5, 5.41) is 5.20. The summed E-state index contributed by atoms with van der Waals surface area (Å²) in [6, 6.07) is 68.1. The van der Waals surface area contributed by atoms with Gasteiger partial charge in [0.1, 0.15) is 0 Å². The topological polar surface area (TPSA) is 3.24 Å². The lowest BCUT2D eigenvalue weighted by atomic mass is 9.97. The number of thiophene rings is 1. The van der Waals surface area contributed by atoms with Gasteiger partial charge in [-0.05, 0) is 81.1 Å². The van der Waals surface area contributed by atoms with Gasteiger partial charge in [0.05, 0.1) is 5.69 Å². The lowest BCUT2D eigenvalue weighted by molar-refractivity contribution is 1.29. The first-order valence-corrected chi connectivity index (χ1v) is 17.2. The van der Waals surface area contributed by atoms with Gasteiger partial charge in [0, 0.05) is 37.1 Å². The largest absolute Gasteiger partial charge is 0.310 e. The molecule has 9 aromatic rings. The lowest BCUT2D eigenvalue weighted by Crippen LogP contribution is -2.11. The summed E-state index contributed by atoms with van der Waals surface area (Å²) in [7, 11) is 0. The molecular formula is C46H31NS. The number of nitrogens with zero attached hydrogens (tertiary/aromatic N) is 1. The second-order valence-corrected chi connectivity index (χ2v) is 13.2. The maximum absolute atomic E-state index is 2.41. The highest BCUT2D eigenvalue weighted by Crippen LogP contribution is 2.44. The average Bonchev–Trinajstić information content (AvgIpc) is 3.55. The summed E-state index contributed by atoms with van der Waals surface area (Å²) in [6.45, 7) is 0. The minimum Gasteiger partial charge on any atom is -0.310 e. The van der Waals surface area contributed by atoms with Crippen LogP contribution < -0.4 is 4.90 Å². The normalized spacial score (nSPS) is 11.3. The van der Waals surface area contributed by atoms with Crippen LogP contribution in [0.15, 0.2) is 188 Å². The van der Waals surface area contributed by atoms with E-state index in [-0.39, 0.29) is 0 Å². The van der Waals surface area contributed by atoms with Crippen LogP contribution in [0.4, 0.5) is 17.1 Å². The second kappa shape index (κ2) is 12.0. The maximum Gasteiger partial charge on any atom is 0.0540 e. The van der Waals surface area contributed by atoms with Gasteiger partial charge in [-0.25, -0.2) is 0 Å². The first kappa shape index (κ1) is 28.3. The number of rotatable bonds is 6. The van der Waals surface area contributed by atoms with Crippen molar-refractivity contribution in [2.24, 2.45) is 0 Å². The monoisotopic (exact) mass is 629 g/mol. The van der Waals surface area contributed by atoms with Crippen LogP contribution in [-0.2, 0) is 0 Å². The van der Waals surface area contributed by atoms with E-state index >= 15 is 0 Å². The Labute approximate surface area is 284 Å². The van der Waals surface area contributed by atoms with Crippen LogP contribution in [0.3, 0.4) is 0 Å². The van der Waals surface area contributed by atoms with E-state index in [0.717, 1.165) is 17.1 Å².